The van der Waals surface area contributed by atoms with Crippen molar-refractivity contribution in [2.24, 2.45) is 5.92 Å². The first-order valence-electron chi connectivity index (χ1n) is 6.98. The molecule has 0 saturated heterocycles. The Morgan fingerprint density at radius 3 is 2.47 bits per heavy atom. The number of aromatic hydroxyl groups is 1. The minimum atomic E-state index is 0.523. The van der Waals surface area contributed by atoms with Gasteiger partial charge >= 0.3 is 0 Å². The first-order chi connectivity index (χ1) is 8.16. The highest BCUT2D eigenvalue weighted by molar-refractivity contribution is 5.39. The van der Waals surface area contributed by atoms with Crippen LogP contribution in [0.15, 0.2) is 18.2 Å². The van der Waals surface area contributed by atoms with Gasteiger partial charge in [0.2, 0.25) is 0 Å². The number of benzene rings is 1. The summed E-state index contributed by atoms with van der Waals surface area (Å²) in [5.41, 5.74) is 2.44. The summed E-state index contributed by atoms with van der Waals surface area (Å²) in [7, 11) is 0. The zero-order valence-corrected chi connectivity index (χ0v) is 11.1. The average Bonchev–Trinajstić information content (AvgIpc) is 2.29. The monoisotopic (exact) mass is 232 g/mol. The first kappa shape index (κ1) is 12.5. The zero-order chi connectivity index (χ0) is 12.3. The van der Waals surface area contributed by atoms with Crippen LogP contribution in [0.25, 0.3) is 0 Å². The van der Waals surface area contributed by atoms with Crippen LogP contribution in [0.4, 0.5) is 0 Å². The van der Waals surface area contributed by atoms with E-state index < -0.39 is 0 Å². The second-order valence-electron chi connectivity index (χ2n) is 5.83. The van der Waals surface area contributed by atoms with E-state index in [9.17, 15) is 5.11 Å². The Bertz CT molecular complexity index is 362. The summed E-state index contributed by atoms with van der Waals surface area (Å²) in [6, 6.07) is 6.33. The van der Waals surface area contributed by atoms with Gasteiger partial charge in [-0.25, -0.2) is 0 Å². The van der Waals surface area contributed by atoms with Gasteiger partial charge in [-0.15, -0.1) is 0 Å². The summed E-state index contributed by atoms with van der Waals surface area (Å²) in [6.07, 6.45) is 7.55. The van der Waals surface area contributed by atoms with Crippen LogP contribution in [-0.2, 0) is 6.42 Å². The molecule has 0 bridgehead atoms. The number of rotatable bonds is 3. The van der Waals surface area contributed by atoms with Crippen molar-refractivity contribution in [1.82, 2.24) is 0 Å². The molecule has 0 atom stereocenters. The maximum atomic E-state index is 10.2. The minimum Gasteiger partial charge on any atom is -0.508 e. The lowest BCUT2D eigenvalue weighted by atomic mass is 9.83. The van der Waals surface area contributed by atoms with Crippen molar-refractivity contribution in [2.45, 2.75) is 58.3 Å². The summed E-state index contributed by atoms with van der Waals surface area (Å²) in [5, 5.41) is 10.2. The molecule has 1 aliphatic rings. The Balaban J connectivity index is 2.13. The summed E-state index contributed by atoms with van der Waals surface area (Å²) < 4.78 is 0. The second-order valence-corrected chi connectivity index (χ2v) is 5.83. The lowest BCUT2D eigenvalue weighted by molar-refractivity contribution is 0.413. The van der Waals surface area contributed by atoms with Gasteiger partial charge in [-0.3, -0.25) is 0 Å². The summed E-state index contributed by atoms with van der Waals surface area (Å²) >= 11 is 0. The predicted octanol–water partition coefficient (Wildman–Crippen LogP) is 4.64. The highest BCUT2D eigenvalue weighted by Crippen LogP contribution is 2.37. The SMILES string of the molecule is CC(C)Cc1ccc(C2CCCCC2)c(O)c1. The van der Waals surface area contributed by atoms with Gasteiger partial charge in [0.25, 0.3) is 0 Å². The van der Waals surface area contributed by atoms with Crippen molar-refractivity contribution in [2.75, 3.05) is 0 Å². The molecule has 1 aromatic carbocycles. The summed E-state index contributed by atoms with van der Waals surface area (Å²) in [5.74, 6) is 1.77. The van der Waals surface area contributed by atoms with Gasteiger partial charge in [-0.2, -0.15) is 0 Å². The quantitative estimate of drug-likeness (QED) is 0.805. The van der Waals surface area contributed by atoms with Gasteiger partial charge in [0.15, 0.2) is 0 Å². The molecule has 0 spiro atoms. The van der Waals surface area contributed by atoms with Crippen LogP contribution in [0.2, 0.25) is 0 Å². The van der Waals surface area contributed by atoms with Gasteiger partial charge in [0.05, 0.1) is 0 Å². The van der Waals surface area contributed by atoms with Crippen molar-refractivity contribution >= 4 is 0 Å². The molecule has 2 rings (SSSR count). The van der Waals surface area contributed by atoms with Crippen LogP contribution in [0.1, 0.15) is 63.0 Å². The molecule has 0 aromatic heterocycles. The third-order valence-electron chi connectivity index (χ3n) is 3.78. The summed E-state index contributed by atoms with van der Waals surface area (Å²) in [4.78, 5) is 0. The van der Waals surface area contributed by atoms with Crippen molar-refractivity contribution < 1.29 is 5.11 Å². The molecular weight excluding hydrogens is 208 g/mol. The van der Waals surface area contributed by atoms with E-state index in [0.29, 0.717) is 17.6 Å². The van der Waals surface area contributed by atoms with E-state index >= 15 is 0 Å². The molecule has 1 aromatic rings. The van der Waals surface area contributed by atoms with E-state index in [0.717, 1.165) is 6.42 Å². The first-order valence-corrected chi connectivity index (χ1v) is 6.98. The lowest BCUT2D eigenvalue weighted by Crippen LogP contribution is -2.05. The largest absolute Gasteiger partial charge is 0.508 e. The molecule has 0 aliphatic heterocycles. The number of phenolic OH excluding ortho intramolecular Hbond substituents is 1. The van der Waals surface area contributed by atoms with Crippen LogP contribution in [0.5, 0.6) is 5.75 Å². The van der Waals surface area contributed by atoms with Crippen LogP contribution in [-0.4, -0.2) is 5.11 Å². The molecule has 1 saturated carbocycles. The number of hydrogen-bond donors (Lipinski definition) is 1. The third kappa shape index (κ3) is 3.24. The van der Waals surface area contributed by atoms with E-state index in [2.05, 4.69) is 26.0 Å². The Morgan fingerprint density at radius 1 is 1.18 bits per heavy atom. The normalized spacial score (nSPS) is 17.6. The molecule has 0 heterocycles. The van der Waals surface area contributed by atoms with Crippen LogP contribution < -0.4 is 0 Å². The van der Waals surface area contributed by atoms with Crippen molar-refractivity contribution in [3.05, 3.63) is 29.3 Å². The molecule has 0 amide bonds. The number of hydrogen-bond acceptors (Lipinski definition) is 1. The standard InChI is InChI=1S/C16H24O/c1-12(2)10-13-8-9-15(16(17)11-13)14-6-4-3-5-7-14/h8-9,11-12,14,17H,3-7,10H2,1-2H3. The molecule has 1 nitrogen and oxygen atoms in total. The Kier molecular flexibility index (Phi) is 4.09. The van der Waals surface area contributed by atoms with Crippen molar-refractivity contribution in [3.8, 4) is 5.75 Å². The second kappa shape index (κ2) is 5.57. The maximum Gasteiger partial charge on any atom is 0.119 e. The fourth-order valence-corrected chi connectivity index (χ4v) is 2.95. The highest BCUT2D eigenvalue weighted by atomic mass is 16.3. The van der Waals surface area contributed by atoms with Crippen LogP contribution >= 0.6 is 0 Å². The molecule has 1 N–H and O–H groups in total. The van der Waals surface area contributed by atoms with E-state index in [1.165, 1.54) is 43.2 Å². The molecule has 0 radical (unpaired) electrons. The van der Waals surface area contributed by atoms with Gasteiger partial charge in [-0.05, 0) is 48.3 Å². The molecule has 1 fully saturated rings. The molecule has 94 valence electrons. The Hall–Kier alpha value is -0.980. The Labute approximate surface area is 105 Å². The number of phenols is 1. The van der Waals surface area contributed by atoms with E-state index in [4.69, 9.17) is 0 Å². The van der Waals surface area contributed by atoms with Gasteiger partial charge < -0.3 is 5.11 Å². The van der Waals surface area contributed by atoms with E-state index in [1.807, 2.05) is 6.07 Å². The van der Waals surface area contributed by atoms with E-state index in [-0.39, 0.29) is 0 Å². The average molecular weight is 232 g/mol. The molecule has 1 aliphatic carbocycles. The van der Waals surface area contributed by atoms with E-state index in [1.54, 1.807) is 0 Å². The van der Waals surface area contributed by atoms with Gasteiger partial charge in [0.1, 0.15) is 5.75 Å². The molecular formula is C16H24O. The van der Waals surface area contributed by atoms with Gasteiger partial charge in [-0.1, -0.05) is 45.2 Å². The molecule has 0 unspecified atom stereocenters. The molecule has 17 heavy (non-hydrogen) atoms. The minimum absolute atomic E-state index is 0.523. The molecule has 1 heteroatoms. The fourth-order valence-electron chi connectivity index (χ4n) is 2.95. The van der Waals surface area contributed by atoms with Crippen molar-refractivity contribution in [1.29, 1.82) is 0 Å². The summed E-state index contributed by atoms with van der Waals surface area (Å²) in [6.45, 7) is 4.43. The van der Waals surface area contributed by atoms with Crippen molar-refractivity contribution in [3.63, 3.8) is 0 Å². The third-order valence-corrected chi connectivity index (χ3v) is 3.78. The van der Waals surface area contributed by atoms with Gasteiger partial charge in [0, 0.05) is 0 Å². The maximum absolute atomic E-state index is 10.2. The smallest absolute Gasteiger partial charge is 0.119 e. The predicted molar refractivity (Wildman–Crippen MR) is 72.5 cm³/mol. The topological polar surface area (TPSA) is 20.2 Å². The lowest BCUT2D eigenvalue weighted by Gasteiger charge is -2.23. The van der Waals surface area contributed by atoms with Crippen LogP contribution in [0, 0.1) is 5.92 Å². The Morgan fingerprint density at radius 2 is 1.88 bits per heavy atom. The zero-order valence-electron chi connectivity index (χ0n) is 11.1. The van der Waals surface area contributed by atoms with Crippen LogP contribution in [0.3, 0.4) is 0 Å². The highest BCUT2D eigenvalue weighted by Gasteiger charge is 2.18. The fraction of sp³-hybridized carbons (Fsp3) is 0.625.